The summed E-state index contributed by atoms with van der Waals surface area (Å²) in [6.45, 7) is 4.40. The second-order valence-corrected chi connectivity index (χ2v) is 6.70. The van der Waals surface area contributed by atoms with Gasteiger partial charge in [0.1, 0.15) is 6.07 Å². The molecule has 0 fully saturated rings. The van der Waals surface area contributed by atoms with E-state index in [0.717, 1.165) is 43.7 Å². The molecule has 1 atom stereocenters. The quantitative estimate of drug-likeness (QED) is 0.351. The molecule has 5 N–H and O–H groups in total. The first-order chi connectivity index (χ1) is 13.6. The highest BCUT2D eigenvalue weighted by Gasteiger charge is 2.16. The summed E-state index contributed by atoms with van der Waals surface area (Å²) in [6, 6.07) is 15.3. The highest BCUT2D eigenvalue weighted by molar-refractivity contribution is 5.76. The van der Waals surface area contributed by atoms with E-state index >= 15 is 0 Å². The van der Waals surface area contributed by atoms with Gasteiger partial charge in [0.15, 0.2) is 0 Å². The van der Waals surface area contributed by atoms with Gasteiger partial charge in [-0.3, -0.25) is 4.79 Å². The molecule has 0 saturated heterocycles. The number of nitrogen functional groups attached to an aromatic ring is 1. The number of nitrogens with zero attached hydrogens (tertiary/aromatic N) is 1. The molecule has 148 valence electrons. The Morgan fingerprint density at radius 1 is 1.18 bits per heavy atom. The van der Waals surface area contributed by atoms with Crippen molar-refractivity contribution in [2.45, 2.75) is 32.1 Å². The fourth-order valence-electron chi connectivity index (χ4n) is 3.08. The van der Waals surface area contributed by atoms with Crippen LogP contribution in [-0.4, -0.2) is 30.7 Å². The number of aliphatic carboxylic acids is 1. The van der Waals surface area contributed by atoms with E-state index in [9.17, 15) is 9.90 Å². The Kier molecular flexibility index (Phi) is 8.32. The molecule has 6 nitrogen and oxygen atoms in total. The minimum Gasteiger partial charge on any atom is -0.481 e. The maximum atomic E-state index is 11.2. The van der Waals surface area contributed by atoms with Crippen LogP contribution >= 0.6 is 0 Å². The number of rotatable bonds is 11. The predicted octanol–water partition coefficient (Wildman–Crippen LogP) is 3.35. The van der Waals surface area contributed by atoms with E-state index in [4.69, 9.17) is 11.0 Å². The lowest BCUT2D eigenvalue weighted by molar-refractivity contribution is -0.138. The number of nitrogens with one attached hydrogen (secondary N) is 2. The predicted molar refractivity (Wildman–Crippen MR) is 112 cm³/mol. The van der Waals surface area contributed by atoms with Crippen molar-refractivity contribution in [3.8, 4) is 6.07 Å². The maximum absolute atomic E-state index is 11.2. The van der Waals surface area contributed by atoms with Crippen molar-refractivity contribution in [1.82, 2.24) is 5.32 Å². The first kappa shape index (κ1) is 21.3. The highest BCUT2D eigenvalue weighted by atomic mass is 16.4. The van der Waals surface area contributed by atoms with Crippen molar-refractivity contribution in [3.63, 3.8) is 0 Å². The van der Waals surface area contributed by atoms with Gasteiger partial charge in [-0.25, -0.2) is 0 Å². The van der Waals surface area contributed by atoms with Crippen molar-refractivity contribution in [2.75, 3.05) is 30.7 Å². The van der Waals surface area contributed by atoms with Crippen molar-refractivity contribution >= 4 is 17.3 Å². The number of carboxylic acids is 1. The van der Waals surface area contributed by atoms with Crippen LogP contribution in [0.3, 0.4) is 0 Å². The van der Waals surface area contributed by atoms with Gasteiger partial charge in [-0.1, -0.05) is 37.3 Å². The highest BCUT2D eigenvalue weighted by Crippen LogP contribution is 2.22. The summed E-state index contributed by atoms with van der Waals surface area (Å²) < 4.78 is 0. The zero-order valence-corrected chi connectivity index (χ0v) is 16.2. The normalized spacial score (nSPS) is 11.6. The van der Waals surface area contributed by atoms with Gasteiger partial charge in [-0.15, -0.1) is 0 Å². The van der Waals surface area contributed by atoms with E-state index in [1.54, 1.807) is 6.07 Å². The molecule has 0 saturated carbocycles. The van der Waals surface area contributed by atoms with Crippen LogP contribution in [0.4, 0.5) is 11.4 Å². The SMILES string of the molecule is CCC(C(=O)O)c1ccc(CCNCCCNc2cccc(C#N)c2N)cc1. The molecule has 0 amide bonds. The van der Waals surface area contributed by atoms with E-state index in [2.05, 4.69) is 16.7 Å². The molecule has 2 aromatic rings. The number of nitriles is 1. The van der Waals surface area contributed by atoms with Gasteiger partial charge in [-0.2, -0.15) is 5.26 Å². The van der Waals surface area contributed by atoms with E-state index in [-0.39, 0.29) is 0 Å². The fraction of sp³-hybridized carbons (Fsp3) is 0.364. The van der Waals surface area contributed by atoms with Gasteiger partial charge < -0.3 is 21.5 Å². The third-order valence-electron chi connectivity index (χ3n) is 4.75. The largest absolute Gasteiger partial charge is 0.481 e. The number of hydrogen-bond donors (Lipinski definition) is 4. The third-order valence-corrected chi connectivity index (χ3v) is 4.75. The van der Waals surface area contributed by atoms with Crippen LogP contribution in [0.15, 0.2) is 42.5 Å². The molecule has 6 heteroatoms. The second-order valence-electron chi connectivity index (χ2n) is 6.70. The zero-order valence-electron chi connectivity index (χ0n) is 16.2. The van der Waals surface area contributed by atoms with Gasteiger partial charge in [0.2, 0.25) is 0 Å². The molecule has 0 aromatic heterocycles. The van der Waals surface area contributed by atoms with Crippen LogP contribution in [-0.2, 0) is 11.2 Å². The Morgan fingerprint density at radius 3 is 2.57 bits per heavy atom. The number of carbonyl (C=O) groups is 1. The molecule has 0 aliphatic carbocycles. The summed E-state index contributed by atoms with van der Waals surface area (Å²) in [7, 11) is 0. The lowest BCUT2D eigenvalue weighted by Crippen LogP contribution is -2.21. The van der Waals surface area contributed by atoms with Gasteiger partial charge in [0.05, 0.1) is 22.9 Å². The molecular formula is C22H28N4O2. The maximum Gasteiger partial charge on any atom is 0.310 e. The molecule has 0 aliphatic heterocycles. The van der Waals surface area contributed by atoms with E-state index in [1.165, 1.54) is 5.56 Å². The molecular weight excluding hydrogens is 352 g/mol. The Balaban J connectivity index is 1.66. The molecule has 2 aromatic carbocycles. The van der Waals surface area contributed by atoms with Crippen molar-refractivity contribution in [3.05, 3.63) is 59.2 Å². The molecule has 2 rings (SSSR count). The summed E-state index contributed by atoms with van der Waals surface area (Å²) >= 11 is 0. The number of anilines is 2. The summed E-state index contributed by atoms with van der Waals surface area (Å²) in [5.74, 6) is -1.20. The number of benzene rings is 2. The molecule has 0 spiro atoms. The summed E-state index contributed by atoms with van der Waals surface area (Å²) in [5.41, 5.74) is 9.77. The first-order valence-electron chi connectivity index (χ1n) is 9.61. The van der Waals surface area contributed by atoms with Gasteiger partial charge >= 0.3 is 5.97 Å². The lowest BCUT2D eigenvalue weighted by atomic mass is 9.95. The van der Waals surface area contributed by atoms with Gasteiger partial charge in [-0.05, 0) is 55.6 Å². The minimum absolute atomic E-state index is 0.428. The Bertz CT molecular complexity index is 812. The molecule has 1 unspecified atom stereocenters. The van der Waals surface area contributed by atoms with Gasteiger partial charge in [0, 0.05) is 6.54 Å². The minimum atomic E-state index is -0.772. The average molecular weight is 380 g/mol. The average Bonchev–Trinajstić information content (AvgIpc) is 2.69. The second kappa shape index (κ2) is 11.0. The van der Waals surface area contributed by atoms with Crippen molar-refractivity contribution in [1.29, 1.82) is 5.26 Å². The number of nitrogens with two attached hydrogens (primary N) is 1. The van der Waals surface area contributed by atoms with E-state index in [1.807, 2.05) is 43.3 Å². The Morgan fingerprint density at radius 2 is 1.93 bits per heavy atom. The molecule has 0 bridgehead atoms. The van der Waals surface area contributed by atoms with Crippen LogP contribution < -0.4 is 16.4 Å². The molecule has 0 radical (unpaired) electrons. The van der Waals surface area contributed by atoms with Crippen LogP contribution in [0.25, 0.3) is 0 Å². The first-order valence-corrected chi connectivity index (χ1v) is 9.61. The fourth-order valence-corrected chi connectivity index (χ4v) is 3.08. The van der Waals surface area contributed by atoms with Crippen LogP contribution in [0.5, 0.6) is 0 Å². The molecule has 0 heterocycles. The molecule has 28 heavy (non-hydrogen) atoms. The van der Waals surface area contributed by atoms with E-state index in [0.29, 0.717) is 17.7 Å². The third kappa shape index (κ3) is 6.00. The summed E-state index contributed by atoms with van der Waals surface area (Å²) in [6.07, 6.45) is 2.43. The number of hydrogen-bond acceptors (Lipinski definition) is 5. The summed E-state index contributed by atoms with van der Waals surface area (Å²) in [4.78, 5) is 11.2. The van der Waals surface area contributed by atoms with Crippen molar-refractivity contribution in [2.24, 2.45) is 0 Å². The molecule has 0 aliphatic rings. The van der Waals surface area contributed by atoms with Crippen LogP contribution in [0, 0.1) is 11.3 Å². The Labute approximate surface area is 166 Å². The monoisotopic (exact) mass is 380 g/mol. The standard InChI is InChI=1S/C22H28N4O2/c1-2-19(22(27)28)17-9-7-16(8-10-17)11-14-25-12-4-13-26-20-6-3-5-18(15-23)21(20)24/h3,5-10,19,25-26H,2,4,11-14,24H2,1H3,(H,27,28). The zero-order chi connectivity index (χ0) is 20.4. The van der Waals surface area contributed by atoms with E-state index < -0.39 is 11.9 Å². The van der Waals surface area contributed by atoms with Crippen LogP contribution in [0.2, 0.25) is 0 Å². The lowest BCUT2D eigenvalue weighted by Gasteiger charge is -2.12. The van der Waals surface area contributed by atoms with Crippen LogP contribution in [0.1, 0.15) is 42.4 Å². The smallest absolute Gasteiger partial charge is 0.310 e. The summed E-state index contributed by atoms with van der Waals surface area (Å²) in [5, 5.41) is 24.9. The van der Waals surface area contributed by atoms with Gasteiger partial charge in [0.25, 0.3) is 0 Å². The van der Waals surface area contributed by atoms with Crippen molar-refractivity contribution < 1.29 is 9.90 Å². The Hall–Kier alpha value is -3.04. The number of para-hydroxylation sites is 1. The topological polar surface area (TPSA) is 111 Å². The number of carboxylic acid groups (broad SMARTS) is 1.